The smallest absolute Gasteiger partial charge is 0.0576 e. The Bertz CT molecular complexity index is 590. The van der Waals surface area contributed by atoms with Gasteiger partial charge >= 0.3 is 0 Å². The molecule has 0 saturated carbocycles. The highest BCUT2D eigenvalue weighted by molar-refractivity contribution is 5.37. The summed E-state index contributed by atoms with van der Waals surface area (Å²) in [6, 6.07) is 4.86. The molecule has 0 radical (unpaired) electrons. The molecule has 2 heterocycles. The molecule has 27 heavy (non-hydrogen) atoms. The van der Waals surface area contributed by atoms with Crippen molar-refractivity contribution in [3.05, 3.63) is 34.4 Å². The monoisotopic (exact) mass is 373 g/mol. The molecule has 1 aromatic carbocycles. The third-order valence-corrected chi connectivity index (χ3v) is 6.31. The van der Waals surface area contributed by atoms with Gasteiger partial charge in [0.1, 0.15) is 0 Å². The van der Waals surface area contributed by atoms with E-state index in [1.165, 1.54) is 74.1 Å². The molecule has 0 aliphatic carbocycles. The summed E-state index contributed by atoms with van der Waals surface area (Å²) < 4.78 is 5.75. The lowest BCUT2D eigenvalue weighted by Crippen LogP contribution is -2.44. The fourth-order valence-electron chi connectivity index (χ4n) is 4.37. The summed E-state index contributed by atoms with van der Waals surface area (Å²) >= 11 is 0. The zero-order chi connectivity index (χ0) is 19.2. The largest absolute Gasteiger partial charge is 0.378 e. The molecule has 4 nitrogen and oxygen atoms in total. The normalized spacial score (nSPS) is 22.0. The molecular formula is C23H39N3O. The van der Waals surface area contributed by atoms with Gasteiger partial charge in [0.05, 0.1) is 6.10 Å². The highest BCUT2D eigenvalue weighted by Crippen LogP contribution is 2.21. The van der Waals surface area contributed by atoms with Crippen molar-refractivity contribution in [1.82, 2.24) is 14.7 Å². The lowest BCUT2D eigenvalue weighted by atomic mass is 9.99. The van der Waals surface area contributed by atoms with E-state index in [1.54, 1.807) is 0 Å². The van der Waals surface area contributed by atoms with Gasteiger partial charge in [-0.2, -0.15) is 0 Å². The Morgan fingerprint density at radius 3 is 2.52 bits per heavy atom. The van der Waals surface area contributed by atoms with Crippen LogP contribution in [0.3, 0.4) is 0 Å². The summed E-state index contributed by atoms with van der Waals surface area (Å²) in [5.41, 5.74) is 5.87. The molecule has 0 aromatic heterocycles. The van der Waals surface area contributed by atoms with Gasteiger partial charge in [0.2, 0.25) is 0 Å². The lowest BCUT2D eigenvalue weighted by molar-refractivity contribution is 0.0995. The van der Waals surface area contributed by atoms with Crippen molar-refractivity contribution in [2.75, 3.05) is 53.4 Å². The van der Waals surface area contributed by atoms with E-state index in [9.17, 15) is 0 Å². The quantitative estimate of drug-likeness (QED) is 0.695. The maximum Gasteiger partial charge on any atom is 0.0576 e. The summed E-state index contributed by atoms with van der Waals surface area (Å²) in [6.07, 6.45) is 5.48. The van der Waals surface area contributed by atoms with Crippen LogP contribution in [0.4, 0.5) is 0 Å². The van der Waals surface area contributed by atoms with E-state index in [-0.39, 0.29) is 0 Å². The van der Waals surface area contributed by atoms with Crippen LogP contribution in [0.1, 0.15) is 47.9 Å². The lowest BCUT2D eigenvalue weighted by Gasteiger charge is -2.33. The number of ether oxygens (including phenoxy) is 1. The van der Waals surface area contributed by atoms with Crippen LogP contribution in [0, 0.1) is 13.8 Å². The zero-order valence-electron chi connectivity index (χ0n) is 18.0. The van der Waals surface area contributed by atoms with Crippen molar-refractivity contribution in [1.29, 1.82) is 0 Å². The first kappa shape index (κ1) is 20.8. The van der Waals surface area contributed by atoms with Gasteiger partial charge in [0, 0.05) is 45.9 Å². The highest BCUT2D eigenvalue weighted by Gasteiger charge is 2.17. The number of hydrogen-bond donors (Lipinski definition) is 0. The van der Waals surface area contributed by atoms with Crippen molar-refractivity contribution < 1.29 is 4.74 Å². The first-order chi connectivity index (χ1) is 13.0. The third-order valence-electron chi connectivity index (χ3n) is 6.31. The van der Waals surface area contributed by atoms with E-state index in [2.05, 4.69) is 54.8 Å². The van der Waals surface area contributed by atoms with Gasteiger partial charge in [-0.1, -0.05) is 12.1 Å². The van der Waals surface area contributed by atoms with Gasteiger partial charge in [0.15, 0.2) is 0 Å². The first-order valence-corrected chi connectivity index (χ1v) is 10.8. The van der Waals surface area contributed by atoms with Crippen molar-refractivity contribution in [3.8, 4) is 0 Å². The standard InChI is InChI=1S/C23H39N3O/c1-19-15-20(2)22(18-26-12-10-24(3)11-13-26)16-21(19)17-25(4)9-5-7-23-8-6-14-27-23/h15-16,23H,5-14,17-18H2,1-4H3/t23-/m0/s1. The van der Waals surface area contributed by atoms with Crippen LogP contribution in [0.5, 0.6) is 0 Å². The summed E-state index contributed by atoms with van der Waals surface area (Å²) in [4.78, 5) is 7.51. The fourth-order valence-corrected chi connectivity index (χ4v) is 4.37. The van der Waals surface area contributed by atoms with Crippen LogP contribution < -0.4 is 0 Å². The third kappa shape index (κ3) is 6.28. The van der Waals surface area contributed by atoms with Crippen molar-refractivity contribution >= 4 is 0 Å². The Labute approximate surface area is 166 Å². The molecule has 2 aliphatic heterocycles. The molecule has 1 aromatic rings. The molecule has 2 saturated heterocycles. The van der Waals surface area contributed by atoms with Crippen LogP contribution in [-0.2, 0) is 17.8 Å². The molecule has 0 bridgehead atoms. The maximum absolute atomic E-state index is 5.75. The van der Waals surface area contributed by atoms with Gasteiger partial charge in [0.25, 0.3) is 0 Å². The van der Waals surface area contributed by atoms with Crippen molar-refractivity contribution in [3.63, 3.8) is 0 Å². The number of likely N-dealkylation sites (N-methyl/N-ethyl adjacent to an activating group) is 1. The minimum absolute atomic E-state index is 0.523. The zero-order valence-corrected chi connectivity index (χ0v) is 18.0. The highest BCUT2D eigenvalue weighted by atomic mass is 16.5. The number of aryl methyl sites for hydroxylation is 2. The number of piperazine rings is 1. The Balaban J connectivity index is 1.52. The predicted molar refractivity (Wildman–Crippen MR) is 113 cm³/mol. The van der Waals surface area contributed by atoms with Crippen LogP contribution >= 0.6 is 0 Å². The minimum atomic E-state index is 0.523. The molecule has 0 unspecified atom stereocenters. The van der Waals surface area contributed by atoms with E-state index in [0.29, 0.717) is 6.10 Å². The van der Waals surface area contributed by atoms with Crippen LogP contribution in [0.2, 0.25) is 0 Å². The Morgan fingerprint density at radius 1 is 1.07 bits per heavy atom. The minimum Gasteiger partial charge on any atom is -0.378 e. The topological polar surface area (TPSA) is 19.0 Å². The van der Waals surface area contributed by atoms with Gasteiger partial charge < -0.3 is 14.5 Å². The number of nitrogens with zero attached hydrogens (tertiary/aromatic N) is 3. The number of hydrogen-bond acceptors (Lipinski definition) is 4. The second-order valence-electron chi connectivity index (χ2n) is 8.80. The molecule has 2 fully saturated rings. The predicted octanol–water partition coefficient (Wildman–Crippen LogP) is 3.44. The average molecular weight is 374 g/mol. The molecule has 1 atom stereocenters. The van der Waals surface area contributed by atoms with E-state index >= 15 is 0 Å². The van der Waals surface area contributed by atoms with E-state index in [4.69, 9.17) is 4.74 Å². The Morgan fingerprint density at radius 2 is 1.81 bits per heavy atom. The molecular weight excluding hydrogens is 334 g/mol. The van der Waals surface area contributed by atoms with E-state index in [0.717, 1.165) is 26.2 Å². The van der Waals surface area contributed by atoms with Gasteiger partial charge in [-0.05, 0) is 82.4 Å². The average Bonchev–Trinajstić information content (AvgIpc) is 3.14. The molecule has 2 aliphatic rings. The van der Waals surface area contributed by atoms with Crippen LogP contribution in [0.15, 0.2) is 12.1 Å². The second kappa shape index (κ2) is 10.0. The molecule has 152 valence electrons. The van der Waals surface area contributed by atoms with E-state index in [1.807, 2.05) is 0 Å². The summed E-state index contributed by atoms with van der Waals surface area (Å²) in [5.74, 6) is 0. The van der Waals surface area contributed by atoms with Crippen LogP contribution in [-0.4, -0.2) is 74.2 Å². The van der Waals surface area contributed by atoms with Gasteiger partial charge in [-0.15, -0.1) is 0 Å². The van der Waals surface area contributed by atoms with Crippen molar-refractivity contribution in [2.24, 2.45) is 0 Å². The molecule has 3 rings (SSSR count). The van der Waals surface area contributed by atoms with Gasteiger partial charge in [-0.3, -0.25) is 4.90 Å². The first-order valence-electron chi connectivity index (χ1n) is 10.8. The summed E-state index contributed by atoms with van der Waals surface area (Å²) in [7, 11) is 4.48. The molecule has 0 amide bonds. The van der Waals surface area contributed by atoms with E-state index < -0.39 is 0 Å². The number of benzene rings is 1. The SMILES string of the molecule is Cc1cc(C)c(CN2CCN(C)CC2)cc1CN(C)CCC[C@H]1CCCO1. The second-order valence-corrected chi connectivity index (χ2v) is 8.80. The molecule has 0 spiro atoms. The number of rotatable bonds is 8. The Kier molecular flexibility index (Phi) is 7.71. The van der Waals surface area contributed by atoms with Gasteiger partial charge in [-0.25, -0.2) is 0 Å². The summed E-state index contributed by atoms with van der Waals surface area (Å²) in [6.45, 7) is 13.5. The van der Waals surface area contributed by atoms with Crippen molar-refractivity contribution in [2.45, 2.75) is 58.7 Å². The maximum atomic E-state index is 5.75. The van der Waals surface area contributed by atoms with Crippen LogP contribution in [0.25, 0.3) is 0 Å². The fraction of sp³-hybridized carbons (Fsp3) is 0.739. The Hall–Kier alpha value is -0.940. The molecule has 0 N–H and O–H groups in total. The molecule has 4 heteroatoms. The summed E-state index contributed by atoms with van der Waals surface area (Å²) in [5, 5.41) is 0.